The first-order valence-electron chi connectivity index (χ1n) is 9.59. The van der Waals surface area contributed by atoms with Gasteiger partial charge in [0.2, 0.25) is 10.0 Å². The molecular weight excluding hydrogens is 388 g/mol. The Morgan fingerprint density at radius 2 is 1.79 bits per heavy atom. The molecule has 2 aromatic rings. The molecule has 1 aromatic carbocycles. The molecule has 0 unspecified atom stereocenters. The highest BCUT2D eigenvalue weighted by molar-refractivity contribution is 7.89. The minimum atomic E-state index is -3.64. The van der Waals surface area contributed by atoms with Crippen LogP contribution in [0.4, 0.5) is 11.6 Å². The summed E-state index contributed by atoms with van der Waals surface area (Å²) in [5.41, 5.74) is 0.332. The van der Waals surface area contributed by atoms with Gasteiger partial charge in [0, 0.05) is 32.2 Å². The molecule has 3 rings (SSSR count). The van der Waals surface area contributed by atoms with Crippen molar-refractivity contribution < 1.29 is 8.42 Å². The molecule has 9 heteroatoms. The van der Waals surface area contributed by atoms with Crippen LogP contribution in [0.3, 0.4) is 0 Å². The number of nitrogens with zero attached hydrogens (tertiary/aromatic N) is 4. The molecule has 0 saturated heterocycles. The fraction of sp³-hybridized carbons (Fsp3) is 0.450. The fourth-order valence-electron chi connectivity index (χ4n) is 3.44. The second-order valence-electron chi connectivity index (χ2n) is 7.51. The number of anilines is 2. The zero-order valence-corrected chi connectivity index (χ0v) is 17.7. The van der Waals surface area contributed by atoms with E-state index in [-0.39, 0.29) is 17.0 Å². The van der Waals surface area contributed by atoms with E-state index in [1.165, 1.54) is 12.1 Å². The number of nitrogens with one attached hydrogen (secondary N) is 2. The number of sulfonamides is 1. The lowest BCUT2D eigenvalue weighted by Crippen LogP contribution is -2.40. The van der Waals surface area contributed by atoms with Gasteiger partial charge >= 0.3 is 0 Å². The van der Waals surface area contributed by atoms with Gasteiger partial charge in [0.05, 0.1) is 16.5 Å². The molecule has 0 spiro atoms. The van der Waals surface area contributed by atoms with Crippen LogP contribution < -0.4 is 14.9 Å². The van der Waals surface area contributed by atoms with Crippen molar-refractivity contribution in [3.63, 3.8) is 0 Å². The summed E-state index contributed by atoms with van der Waals surface area (Å²) in [7, 11) is 0.242. The van der Waals surface area contributed by atoms with E-state index >= 15 is 0 Å². The highest BCUT2D eigenvalue weighted by atomic mass is 32.2. The number of aromatic nitrogens is 2. The van der Waals surface area contributed by atoms with E-state index in [1.54, 1.807) is 12.1 Å². The average Bonchev–Trinajstić information content (AvgIpc) is 2.69. The summed E-state index contributed by atoms with van der Waals surface area (Å²) in [6.45, 7) is 1.87. The van der Waals surface area contributed by atoms with Gasteiger partial charge in [-0.3, -0.25) is 0 Å². The Bertz CT molecular complexity index is 1010. The lowest BCUT2D eigenvalue weighted by Gasteiger charge is -2.30. The van der Waals surface area contributed by atoms with Crippen molar-refractivity contribution in [2.75, 3.05) is 24.3 Å². The van der Waals surface area contributed by atoms with Crippen LogP contribution in [0.15, 0.2) is 35.2 Å². The molecule has 1 aliphatic carbocycles. The average molecular weight is 415 g/mol. The van der Waals surface area contributed by atoms with E-state index in [0.29, 0.717) is 11.4 Å². The van der Waals surface area contributed by atoms with Crippen LogP contribution in [-0.2, 0) is 10.0 Å². The van der Waals surface area contributed by atoms with Gasteiger partial charge in [0.1, 0.15) is 17.5 Å². The SMILES string of the molecule is Cc1nc(NC2CCC(NS(=O)(=O)c3cccc(C#N)c3)CC2)cc(N(C)C)n1. The molecule has 0 bridgehead atoms. The molecule has 1 aliphatic rings. The van der Waals surface area contributed by atoms with E-state index in [2.05, 4.69) is 20.0 Å². The summed E-state index contributed by atoms with van der Waals surface area (Å²) in [5, 5.41) is 12.4. The van der Waals surface area contributed by atoms with E-state index in [1.807, 2.05) is 38.1 Å². The summed E-state index contributed by atoms with van der Waals surface area (Å²) in [5.74, 6) is 2.35. The Labute approximate surface area is 172 Å². The number of hydrogen-bond donors (Lipinski definition) is 2. The van der Waals surface area contributed by atoms with Gasteiger partial charge in [-0.25, -0.2) is 23.1 Å². The standard InChI is InChI=1S/C20H26N6O2S/c1-14-22-19(12-20(23-14)26(2)3)24-16-7-9-17(10-8-16)25-29(27,28)18-6-4-5-15(11-18)13-21/h4-6,11-12,16-17,25H,7-10H2,1-3H3,(H,22,23,24). The smallest absolute Gasteiger partial charge is 0.240 e. The molecule has 0 aliphatic heterocycles. The maximum Gasteiger partial charge on any atom is 0.240 e. The van der Waals surface area contributed by atoms with Crippen LogP contribution >= 0.6 is 0 Å². The van der Waals surface area contributed by atoms with Gasteiger partial charge in [-0.2, -0.15) is 5.26 Å². The van der Waals surface area contributed by atoms with Gasteiger partial charge in [0.15, 0.2) is 0 Å². The van der Waals surface area contributed by atoms with Gasteiger partial charge < -0.3 is 10.2 Å². The summed E-state index contributed by atoms with van der Waals surface area (Å²) in [6, 6.07) is 10.1. The lowest BCUT2D eigenvalue weighted by atomic mass is 9.92. The maximum absolute atomic E-state index is 12.6. The highest BCUT2D eigenvalue weighted by Crippen LogP contribution is 2.24. The lowest BCUT2D eigenvalue weighted by molar-refractivity contribution is 0.387. The minimum absolute atomic E-state index is 0.117. The maximum atomic E-state index is 12.6. The largest absolute Gasteiger partial charge is 0.367 e. The molecule has 2 N–H and O–H groups in total. The molecular formula is C20H26N6O2S. The van der Waals surface area contributed by atoms with Crippen LogP contribution in [0.1, 0.15) is 37.1 Å². The van der Waals surface area contributed by atoms with Gasteiger partial charge in [-0.05, 0) is 50.8 Å². The van der Waals surface area contributed by atoms with Crippen molar-refractivity contribution in [3.05, 3.63) is 41.7 Å². The summed E-state index contributed by atoms with van der Waals surface area (Å²) in [4.78, 5) is 10.9. The molecule has 1 saturated carbocycles. The molecule has 29 heavy (non-hydrogen) atoms. The Morgan fingerprint density at radius 1 is 1.10 bits per heavy atom. The molecule has 0 radical (unpaired) electrons. The van der Waals surface area contributed by atoms with Crippen molar-refractivity contribution in [2.24, 2.45) is 0 Å². The number of hydrogen-bond acceptors (Lipinski definition) is 7. The molecule has 1 heterocycles. The Kier molecular flexibility index (Phi) is 6.35. The zero-order valence-electron chi connectivity index (χ0n) is 16.9. The summed E-state index contributed by atoms with van der Waals surface area (Å²) >= 11 is 0. The van der Waals surface area contributed by atoms with Crippen molar-refractivity contribution in [1.29, 1.82) is 5.26 Å². The third-order valence-corrected chi connectivity index (χ3v) is 6.48. The van der Waals surface area contributed by atoms with Crippen molar-refractivity contribution in [1.82, 2.24) is 14.7 Å². The quantitative estimate of drug-likeness (QED) is 0.747. The number of benzene rings is 1. The third-order valence-electron chi connectivity index (χ3n) is 4.96. The first-order chi connectivity index (χ1) is 13.8. The first kappa shape index (κ1) is 21.0. The summed E-state index contributed by atoms with van der Waals surface area (Å²) in [6.07, 6.45) is 3.15. The molecule has 1 fully saturated rings. The Morgan fingerprint density at radius 3 is 2.45 bits per heavy atom. The zero-order chi connectivity index (χ0) is 21.0. The van der Waals surface area contributed by atoms with E-state index in [0.717, 1.165) is 37.3 Å². The summed E-state index contributed by atoms with van der Waals surface area (Å²) < 4.78 is 28.0. The Balaban J connectivity index is 1.59. The third kappa shape index (κ3) is 5.43. The molecule has 154 valence electrons. The van der Waals surface area contributed by atoms with Gasteiger partial charge in [0.25, 0.3) is 0 Å². The van der Waals surface area contributed by atoms with Crippen LogP contribution in [0, 0.1) is 18.3 Å². The molecule has 1 aromatic heterocycles. The van der Waals surface area contributed by atoms with E-state index in [4.69, 9.17) is 5.26 Å². The van der Waals surface area contributed by atoms with Gasteiger partial charge in [-0.15, -0.1) is 0 Å². The molecule has 0 atom stereocenters. The predicted octanol–water partition coefficient (Wildman–Crippen LogP) is 2.42. The Hall–Kier alpha value is -2.70. The van der Waals surface area contributed by atoms with E-state index < -0.39 is 10.0 Å². The van der Waals surface area contributed by atoms with Crippen LogP contribution in [0.2, 0.25) is 0 Å². The van der Waals surface area contributed by atoms with Crippen molar-refractivity contribution in [3.8, 4) is 6.07 Å². The fourth-order valence-corrected chi connectivity index (χ4v) is 4.79. The van der Waals surface area contributed by atoms with Gasteiger partial charge in [-0.1, -0.05) is 6.07 Å². The first-order valence-corrected chi connectivity index (χ1v) is 11.1. The highest BCUT2D eigenvalue weighted by Gasteiger charge is 2.26. The van der Waals surface area contributed by atoms with Crippen LogP contribution in [-0.4, -0.2) is 44.6 Å². The van der Waals surface area contributed by atoms with Crippen molar-refractivity contribution >= 4 is 21.7 Å². The van der Waals surface area contributed by atoms with Crippen LogP contribution in [0.25, 0.3) is 0 Å². The topological polar surface area (TPSA) is 111 Å². The molecule has 0 amide bonds. The predicted molar refractivity (Wildman–Crippen MR) is 112 cm³/mol. The second-order valence-corrected chi connectivity index (χ2v) is 9.22. The number of aryl methyl sites for hydroxylation is 1. The minimum Gasteiger partial charge on any atom is -0.367 e. The number of nitriles is 1. The van der Waals surface area contributed by atoms with Crippen molar-refractivity contribution in [2.45, 2.75) is 49.6 Å². The second kappa shape index (κ2) is 8.76. The van der Waals surface area contributed by atoms with Crippen LogP contribution in [0.5, 0.6) is 0 Å². The normalized spacial score (nSPS) is 19.4. The monoisotopic (exact) mass is 414 g/mol. The number of rotatable bonds is 6. The molecule has 8 nitrogen and oxygen atoms in total. The van der Waals surface area contributed by atoms with E-state index in [9.17, 15) is 8.42 Å².